The molecule has 0 bridgehead atoms. The van der Waals surface area contributed by atoms with Crippen molar-refractivity contribution in [3.05, 3.63) is 23.8 Å². The van der Waals surface area contributed by atoms with Crippen LogP contribution in [0.3, 0.4) is 0 Å². The summed E-state index contributed by atoms with van der Waals surface area (Å²) in [5.41, 5.74) is 13.2. The van der Waals surface area contributed by atoms with Gasteiger partial charge < -0.3 is 21.7 Å². The Balaban J connectivity index is 2.15. The molecule has 0 aromatic heterocycles. The highest BCUT2D eigenvalue weighted by Crippen LogP contribution is 2.27. The van der Waals surface area contributed by atoms with Crippen molar-refractivity contribution in [2.45, 2.75) is 45.1 Å². The smallest absolute Gasteiger partial charge is 0.250 e. The van der Waals surface area contributed by atoms with E-state index in [4.69, 9.17) is 11.5 Å². The van der Waals surface area contributed by atoms with E-state index >= 15 is 0 Å². The van der Waals surface area contributed by atoms with Gasteiger partial charge in [-0.15, -0.1) is 0 Å². The second kappa shape index (κ2) is 7.97. The summed E-state index contributed by atoms with van der Waals surface area (Å²) >= 11 is 0. The standard InChI is InChI=1S/C17H26N4O2/c1-12(18)5-8-16(22)20-13-6-7-14(17(19)23)15(11-13)21-9-3-2-4-10-21/h6-7,11-12H,2-5,8-10,18H2,1H3,(H2,19,23)(H,20,22). The van der Waals surface area contributed by atoms with E-state index in [0.717, 1.165) is 31.6 Å². The van der Waals surface area contributed by atoms with Crippen molar-refractivity contribution < 1.29 is 9.59 Å². The van der Waals surface area contributed by atoms with Gasteiger partial charge in [-0.2, -0.15) is 0 Å². The van der Waals surface area contributed by atoms with Crippen molar-refractivity contribution >= 4 is 23.2 Å². The van der Waals surface area contributed by atoms with Gasteiger partial charge in [-0.05, 0) is 50.8 Å². The van der Waals surface area contributed by atoms with Gasteiger partial charge in [0.15, 0.2) is 0 Å². The van der Waals surface area contributed by atoms with Crippen LogP contribution in [0.25, 0.3) is 0 Å². The third-order valence-electron chi connectivity index (χ3n) is 4.07. The fourth-order valence-electron chi connectivity index (χ4n) is 2.80. The molecule has 1 aliphatic heterocycles. The van der Waals surface area contributed by atoms with E-state index < -0.39 is 5.91 Å². The van der Waals surface area contributed by atoms with Crippen LogP contribution in [0, 0.1) is 0 Å². The average Bonchev–Trinajstić information content (AvgIpc) is 2.53. The summed E-state index contributed by atoms with van der Waals surface area (Å²) in [6, 6.07) is 5.25. The summed E-state index contributed by atoms with van der Waals surface area (Å²) < 4.78 is 0. The third kappa shape index (κ3) is 4.96. The lowest BCUT2D eigenvalue weighted by atomic mass is 10.1. The largest absolute Gasteiger partial charge is 0.371 e. The van der Waals surface area contributed by atoms with Crippen molar-refractivity contribution in [2.75, 3.05) is 23.3 Å². The van der Waals surface area contributed by atoms with Crippen LogP contribution >= 0.6 is 0 Å². The van der Waals surface area contributed by atoms with Crippen LogP contribution in [0.5, 0.6) is 0 Å². The molecule has 5 N–H and O–H groups in total. The van der Waals surface area contributed by atoms with Gasteiger partial charge in [0, 0.05) is 31.2 Å². The van der Waals surface area contributed by atoms with Gasteiger partial charge in [0.05, 0.1) is 11.3 Å². The molecule has 6 nitrogen and oxygen atoms in total. The molecule has 1 aromatic carbocycles. The van der Waals surface area contributed by atoms with Crippen LogP contribution in [-0.4, -0.2) is 30.9 Å². The van der Waals surface area contributed by atoms with Gasteiger partial charge in [0.2, 0.25) is 5.91 Å². The third-order valence-corrected chi connectivity index (χ3v) is 4.07. The number of anilines is 2. The van der Waals surface area contributed by atoms with Crippen molar-refractivity contribution in [1.29, 1.82) is 0 Å². The van der Waals surface area contributed by atoms with Gasteiger partial charge in [-0.25, -0.2) is 0 Å². The molecule has 1 saturated heterocycles. The number of amides is 2. The second-order valence-electron chi connectivity index (χ2n) is 6.21. The molecule has 1 fully saturated rings. The van der Waals surface area contributed by atoms with Crippen LogP contribution in [0.4, 0.5) is 11.4 Å². The number of rotatable bonds is 6. The molecule has 0 spiro atoms. The van der Waals surface area contributed by atoms with Gasteiger partial charge >= 0.3 is 0 Å². The fraction of sp³-hybridized carbons (Fsp3) is 0.529. The van der Waals surface area contributed by atoms with Crippen LogP contribution in [0.15, 0.2) is 18.2 Å². The number of nitrogens with zero attached hydrogens (tertiary/aromatic N) is 1. The zero-order valence-electron chi connectivity index (χ0n) is 13.7. The Morgan fingerprint density at radius 3 is 2.57 bits per heavy atom. The molecule has 1 unspecified atom stereocenters. The lowest BCUT2D eigenvalue weighted by Crippen LogP contribution is -2.31. The van der Waals surface area contributed by atoms with Crippen LogP contribution in [0.2, 0.25) is 0 Å². The molecule has 2 amide bonds. The number of primary amides is 1. The zero-order chi connectivity index (χ0) is 16.8. The maximum atomic E-state index is 12.0. The monoisotopic (exact) mass is 318 g/mol. The Hall–Kier alpha value is -2.08. The fourth-order valence-corrected chi connectivity index (χ4v) is 2.80. The molecule has 126 valence electrons. The zero-order valence-corrected chi connectivity index (χ0v) is 13.7. The van der Waals surface area contributed by atoms with Gasteiger partial charge in [-0.3, -0.25) is 9.59 Å². The number of hydrogen-bond acceptors (Lipinski definition) is 4. The Morgan fingerprint density at radius 2 is 1.96 bits per heavy atom. The molecular formula is C17H26N4O2. The lowest BCUT2D eigenvalue weighted by molar-refractivity contribution is -0.116. The number of nitrogens with two attached hydrogens (primary N) is 2. The molecule has 0 aliphatic carbocycles. The number of benzene rings is 1. The minimum Gasteiger partial charge on any atom is -0.371 e. The lowest BCUT2D eigenvalue weighted by Gasteiger charge is -2.30. The van der Waals surface area contributed by atoms with Gasteiger partial charge in [0.1, 0.15) is 0 Å². The van der Waals surface area contributed by atoms with Crippen molar-refractivity contribution in [3.63, 3.8) is 0 Å². The van der Waals surface area contributed by atoms with Crippen molar-refractivity contribution in [3.8, 4) is 0 Å². The summed E-state index contributed by atoms with van der Waals surface area (Å²) in [6.45, 7) is 3.69. The van der Waals surface area contributed by atoms with E-state index in [9.17, 15) is 9.59 Å². The first kappa shape index (κ1) is 17.3. The average molecular weight is 318 g/mol. The van der Waals surface area contributed by atoms with E-state index in [1.165, 1.54) is 6.42 Å². The summed E-state index contributed by atoms with van der Waals surface area (Å²) in [6.07, 6.45) is 4.43. The topological polar surface area (TPSA) is 101 Å². The van der Waals surface area contributed by atoms with E-state index in [0.29, 0.717) is 24.1 Å². The molecule has 2 rings (SSSR count). The predicted molar refractivity (Wildman–Crippen MR) is 92.5 cm³/mol. The first-order valence-corrected chi connectivity index (χ1v) is 8.21. The SMILES string of the molecule is CC(N)CCC(=O)Nc1ccc(C(N)=O)c(N2CCCCC2)c1. The van der Waals surface area contributed by atoms with Crippen molar-refractivity contribution in [1.82, 2.24) is 0 Å². The first-order valence-electron chi connectivity index (χ1n) is 8.21. The van der Waals surface area contributed by atoms with Gasteiger partial charge in [0.25, 0.3) is 5.91 Å². The normalized spacial score (nSPS) is 16.0. The Labute approximate surface area is 137 Å². The minimum absolute atomic E-state index is 0.00176. The second-order valence-corrected chi connectivity index (χ2v) is 6.21. The Kier molecular flexibility index (Phi) is 5.98. The van der Waals surface area contributed by atoms with E-state index in [1.807, 2.05) is 13.0 Å². The highest BCUT2D eigenvalue weighted by Gasteiger charge is 2.18. The molecular weight excluding hydrogens is 292 g/mol. The summed E-state index contributed by atoms with van der Waals surface area (Å²) in [4.78, 5) is 25.8. The molecule has 1 heterocycles. The Bertz CT molecular complexity index is 566. The summed E-state index contributed by atoms with van der Waals surface area (Å²) in [5.74, 6) is -0.515. The highest BCUT2D eigenvalue weighted by atomic mass is 16.2. The van der Waals surface area contributed by atoms with E-state index in [2.05, 4.69) is 10.2 Å². The first-order chi connectivity index (χ1) is 11.0. The number of carbonyl (C=O) groups excluding carboxylic acids is 2. The number of piperidine rings is 1. The maximum Gasteiger partial charge on any atom is 0.250 e. The molecule has 0 radical (unpaired) electrons. The van der Waals surface area contributed by atoms with Gasteiger partial charge in [-0.1, -0.05) is 0 Å². The Morgan fingerprint density at radius 1 is 1.26 bits per heavy atom. The molecule has 1 aliphatic rings. The maximum absolute atomic E-state index is 12.0. The van der Waals surface area contributed by atoms with E-state index in [1.54, 1.807) is 12.1 Å². The van der Waals surface area contributed by atoms with Crippen LogP contribution in [0.1, 0.15) is 49.4 Å². The molecule has 6 heteroatoms. The van der Waals surface area contributed by atoms with Crippen molar-refractivity contribution in [2.24, 2.45) is 11.5 Å². The van der Waals surface area contributed by atoms with Crippen LogP contribution < -0.4 is 21.7 Å². The quantitative estimate of drug-likeness (QED) is 0.745. The van der Waals surface area contributed by atoms with E-state index in [-0.39, 0.29) is 11.9 Å². The van der Waals surface area contributed by atoms with Crippen LogP contribution in [-0.2, 0) is 4.79 Å². The summed E-state index contributed by atoms with van der Waals surface area (Å²) in [5, 5.41) is 2.87. The number of nitrogens with one attached hydrogen (secondary N) is 1. The molecule has 1 aromatic rings. The minimum atomic E-state index is -0.444. The summed E-state index contributed by atoms with van der Waals surface area (Å²) in [7, 11) is 0. The number of carbonyl (C=O) groups is 2. The molecule has 0 saturated carbocycles. The predicted octanol–water partition coefficient (Wildman–Crippen LogP) is 1.84. The molecule has 23 heavy (non-hydrogen) atoms. The molecule has 1 atom stereocenters. The number of hydrogen-bond donors (Lipinski definition) is 3. The highest BCUT2D eigenvalue weighted by molar-refractivity contribution is 6.00.